The lowest BCUT2D eigenvalue weighted by molar-refractivity contribution is -0.123. The zero-order valence-electron chi connectivity index (χ0n) is 13.1. The zero-order chi connectivity index (χ0) is 16.7. The highest BCUT2D eigenvalue weighted by atomic mass is 19.1. The van der Waals surface area contributed by atoms with Gasteiger partial charge in [0.1, 0.15) is 5.82 Å². The fourth-order valence-corrected chi connectivity index (χ4v) is 2.98. The van der Waals surface area contributed by atoms with Gasteiger partial charge in [-0.3, -0.25) is 9.59 Å². The maximum atomic E-state index is 13.1. The van der Waals surface area contributed by atoms with E-state index in [1.165, 1.54) is 12.1 Å². The first kappa shape index (κ1) is 14.9. The molecule has 2 heterocycles. The zero-order valence-corrected chi connectivity index (χ0v) is 13.1. The molecule has 124 valence electrons. The standard InChI is InChI=1S/C18H18FN3O2/c19-13-5-3-11(4-6-13)15-7-20-8-16(15)18(24)22-9-14(10-22)21-17(23)12-1-2-12/h3-8,12,14,20H,1-2,9-10H2,(H,21,23). The molecule has 1 saturated carbocycles. The minimum atomic E-state index is -0.306. The van der Waals surface area contributed by atoms with Gasteiger partial charge in [-0.1, -0.05) is 12.1 Å². The first-order valence-electron chi connectivity index (χ1n) is 8.14. The molecule has 24 heavy (non-hydrogen) atoms. The van der Waals surface area contributed by atoms with Gasteiger partial charge in [0.05, 0.1) is 11.6 Å². The molecule has 1 aromatic carbocycles. The Morgan fingerprint density at radius 3 is 2.50 bits per heavy atom. The van der Waals surface area contributed by atoms with E-state index in [0.29, 0.717) is 18.7 Å². The van der Waals surface area contributed by atoms with Gasteiger partial charge in [0, 0.05) is 37.0 Å². The number of carbonyl (C=O) groups excluding carboxylic acids is 2. The van der Waals surface area contributed by atoms with Gasteiger partial charge in [-0.15, -0.1) is 0 Å². The number of benzene rings is 1. The van der Waals surface area contributed by atoms with Gasteiger partial charge in [-0.25, -0.2) is 4.39 Å². The summed E-state index contributed by atoms with van der Waals surface area (Å²) in [5.74, 6) is -0.0862. The van der Waals surface area contributed by atoms with E-state index in [4.69, 9.17) is 0 Å². The molecule has 4 rings (SSSR count). The van der Waals surface area contributed by atoms with Gasteiger partial charge < -0.3 is 15.2 Å². The smallest absolute Gasteiger partial charge is 0.256 e. The Bertz CT molecular complexity index is 774. The van der Waals surface area contributed by atoms with Crippen LogP contribution in [0.3, 0.4) is 0 Å². The molecule has 2 aromatic rings. The second kappa shape index (κ2) is 5.78. The van der Waals surface area contributed by atoms with E-state index >= 15 is 0 Å². The normalized spacial score (nSPS) is 17.5. The van der Waals surface area contributed by atoms with E-state index in [-0.39, 0.29) is 29.6 Å². The number of amides is 2. The van der Waals surface area contributed by atoms with Crippen molar-refractivity contribution in [3.05, 3.63) is 48.0 Å². The highest BCUT2D eigenvalue weighted by Crippen LogP contribution is 2.30. The van der Waals surface area contributed by atoms with Crippen molar-refractivity contribution < 1.29 is 14.0 Å². The molecule has 1 aliphatic carbocycles. The summed E-state index contributed by atoms with van der Waals surface area (Å²) in [5.41, 5.74) is 2.11. The van der Waals surface area contributed by atoms with E-state index in [2.05, 4.69) is 10.3 Å². The molecule has 0 radical (unpaired) electrons. The fourth-order valence-electron chi connectivity index (χ4n) is 2.98. The molecule has 2 N–H and O–H groups in total. The number of hydrogen-bond acceptors (Lipinski definition) is 2. The van der Waals surface area contributed by atoms with Crippen LogP contribution in [0.25, 0.3) is 11.1 Å². The maximum Gasteiger partial charge on any atom is 0.256 e. The average molecular weight is 327 g/mol. The Balaban J connectivity index is 1.42. The van der Waals surface area contributed by atoms with E-state index in [9.17, 15) is 14.0 Å². The summed E-state index contributed by atoms with van der Waals surface area (Å²) >= 11 is 0. The third-order valence-corrected chi connectivity index (χ3v) is 4.59. The molecule has 2 aliphatic rings. The summed E-state index contributed by atoms with van der Waals surface area (Å²) in [4.78, 5) is 29.0. The summed E-state index contributed by atoms with van der Waals surface area (Å²) in [6.07, 6.45) is 5.36. The van der Waals surface area contributed by atoms with Crippen molar-refractivity contribution in [2.24, 2.45) is 5.92 Å². The quantitative estimate of drug-likeness (QED) is 0.904. The highest BCUT2D eigenvalue weighted by molar-refractivity contribution is 6.01. The van der Waals surface area contributed by atoms with Crippen LogP contribution in [0, 0.1) is 11.7 Å². The van der Waals surface area contributed by atoms with Crippen LogP contribution in [0.15, 0.2) is 36.7 Å². The Kier molecular flexibility index (Phi) is 3.59. The van der Waals surface area contributed by atoms with Crippen molar-refractivity contribution in [2.75, 3.05) is 13.1 Å². The van der Waals surface area contributed by atoms with Crippen molar-refractivity contribution in [1.29, 1.82) is 0 Å². The number of carbonyl (C=O) groups is 2. The molecule has 6 heteroatoms. The summed E-state index contributed by atoms with van der Waals surface area (Å²) in [7, 11) is 0. The molecule has 0 spiro atoms. The first-order chi connectivity index (χ1) is 11.6. The van der Waals surface area contributed by atoms with E-state index in [0.717, 1.165) is 24.0 Å². The Hall–Kier alpha value is -2.63. The van der Waals surface area contributed by atoms with E-state index < -0.39 is 0 Å². The van der Waals surface area contributed by atoms with E-state index in [1.54, 1.807) is 29.4 Å². The fraction of sp³-hybridized carbons (Fsp3) is 0.333. The first-order valence-corrected chi connectivity index (χ1v) is 8.14. The summed E-state index contributed by atoms with van der Waals surface area (Å²) < 4.78 is 13.1. The van der Waals surface area contributed by atoms with Crippen LogP contribution in [-0.4, -0.2) is 40.8 Å². The van der Waals surface area contributed by atoms with Gasteiger partial charge in [0.25, 0.3) is 5.91 Å². The SMILES string of the molecule is O=C(NC1CN(C(=O)c2c[nH]cc2-c2ccc(F)cc2)C1)C1CC1. The second-order valence-corrected chi connectivity index (χ2v) is 6.48. The topological polar surface area (TPSA) is 65.2 Å². The number of likely N-dealkylation sites (tertiary alicyclic amines) is 1. The summed E-state index contributed by atoms with van der Waals surface area (Å²) in [5, 5.41) is 2.98. The number of rotatable bonds is 4. The van der Waals surface area contributed by atoms with Crippen LogP contribution in [0.5, 0.6) is 0 Å². The molecular formula is C18H18FN3O2. The minimum Gasteiger partial charge on any atom is -0.366 e. The van der Waals surface area contributed by atoms with Gasteiger partial charge in [-0.05, 0) is 30.5 Å². The third-order valence-electron chi connectivity index (χ3n) is 4.59. The molecule has 0 atom stereocenters. The average Bonchev–Trinajstić information content (AvgIpc) is 3.28. The monoisotopic (exact) mass is 327 g/mol. The van der Waals surface area contributed by atoms with Crippen molar-refractivity contribution in [3.63, 3.8) is 0 Å². The molecule has 2 amide bonds. The Morgan fingerprint density at radius 2 is 1.83 bits per heavy atom. The van der Waals surface area contributed by atoms with Gasteiger partial charge >= 0.3 is 0 Å². The van der Waals surface area contributed by atoms with Crippen molar-refractivity contribution in [2.45, 2.75) is 18.9 Å². The Morgan fingerprint density at radius 1 is 1.12 bits per heavy atom. The van der Waals surface area contributed by atoms with Crippen LogP contribution in [-0.2, 0) is 4.79 Å². The number of aromatic nitrogens is 1. The van der Waals surface area contributed by atoms with E-state index in [1.807, 2.05) is 0 Å². The largest absolute Gasteiger partial charge is 0.366 e. The number of nitrogens with zero attached hydrogens (tertiary/aromatic N) is 1. The van der Waals surface area contributed by atoms with Crippen LogP contribution in [0.4, 0.5) is 4.39 Å². The number of hydrogen-bond donors (Lipinski definition) is 2. The molecular weight excluding hydrogens is 309 g/mol. The van der Waals surface area contributed by atoms with Gasteiger partial charge in [0.2, 0.25) is 5.91 Å². The number of aromatic amines is 1. The molecule has 1 aromatic heterocycles. The van der Waals surface area contributed by atoms with Crippen molar-refractivity contribution in [3.8, 4) is 11.1 Å². The van der Waals surface area contributed by atoms with Crippen LogP contribution in [0.2, 0.25) is 0 Å². The molecule has 1 aliphatic heterocycles. The molecule has 1 saturated heterocycles. The van der Waals surface area contributed by atoms with Crippen LogP contribution < -0.4 is 5.32 Å². The molecule has 2 fully saturated rings. The molecule has 5 nitrogen and oxygen atoms in total. The van der Waals surface area contributed by atoms with Crippen LogP contribution >= 0.6 is 0 Å². The third kappa shape index (κ3) is 2.79. The highest BCUT2D eigenvalue weighted by Gasteiger charge is 2.37. The number of nitrogens with one attached hydrogen (secondary N) is 2. The lowest BCUT2D eigenvalue weighted by Crippen LogP contribution is -2.61. The Labute approximate surface area is 138 Å². The van der Waals surface area contributed by atoms with Crippen molar-refractivity contribution in [1.82, 2.24) is 15.2 Å². The summed E-state index contributed by atoms with van der Waals surface area (Å²) in [6, 6.07) is 6.12. The maximum absolute atomic E-state index is 13.1. The van der Waals surface area contributed by atoms with Gasteiger partial charge in [0.15, 0.2) is 0 Å². The molecule has 0 bridgehead atoms. The number of H-pyrrole nitrogens is 1. The predicted molar refractivity (Wildman–Crippen MR) is 86.7 cm³/mol. The van der Waals surface area contributed by atoms with Crippen LogP contribution in [0.1, 0.15) is 23.2 Å². The lowest BCUT2D eigenvalue weighted by Gasteiger charge is -2.39. The second-order valence-electron chi connectivity index (χ2n) is 6.48. The molecule has 0 unspecified atom stereocenters. The summed E-state index contributed by atoms with van der Waals surface area (Å²) in [6.45, 7) is 1.07. The van der Waals surface area contributed by atoms with Gasteiger partial charge in [-0.2, -0.15) is 0 Å². The minimum absolute atomic E-state index is 0.0512. The van der Waals surface area contributed by atoms with Crippen molar-refractivity contribution >= 4 is 11.8 Å². The predicted octanol–water partition coefficient (Wildman–Crippen LogP) is 2.17. The number of halogens is 1. The lowest BCUT2D eigenvalue weighted by atomic mass is 10.0.